The zero-order valence-electron chi connectivity index (χ0n) is 12.9. The van der Waals surface area contributed by atoms with Crippen LogP contribution >= 0.6 is 24.0 Å². The Hall–Kier alpha value is -1.15. The molecular formula is C15H21F2N3OS2. The molecule has 1 aliphatic carbocycles. The van der Waals surface area contributed by atoms with E-state index >= 15 is 0 Å². The van der Waals surface area contributed by atoms with Gasteiger partial charge in [0.25, 0.3) is 5.76 Å². The molecule has 4 nitrogen and oxygen atoms in total. The molecule has 0 amide bonds. The molecule has 1 aromatic heterocycles. The second-order valence-corrected chi connectivity index (χ2v) is 6.97. The Morgan fingerprint density at radius 3 is 3.00 bits per heavy atom. The lowest BCUT2D eigenvalue weighted by Crippen LogP contribution is -2.44. The molecule has 23 heavy (non-hydrogen) atoms. The van der Waals surface area contributed by atoms with E-state index in [-0.39, 0.29) is 5.75 Å². The van der Waals surface area contributed by atoms with E-state index in [0.717, 1.165) is 6.42 Å². The standard InChI is InChI=1S/C15H21F2N3OS2/c1-10-4-2-3-5-13(10)19-15(22)20-18-8-11-6-7-12(21-11)9-23-14(16)17/h6-8,10,13-14H,2-5,9H2,1H3,(H2,19,20,22)/b18-8-/t10-,13+/m0/s1. The number of rotatable bonds is 6. The van der Waals surface area contributed by atoms with Crippen LogP contribution in [-0.2, 0) is 5.75 Å². The number of alkyl halides is 2. The Kier molecular flexibility index (Phi) is 7.29. The molecule has 0 unspecified atom stereocenters. The molecule has 0 bridgehead atoms. The number of furan rings is 1. The summed E-state index contributed by atoms with van der Waals surface area (Å²) in [7, 11) is 0. The highest BCUT2D eigenvalue weighted by molar-refractivity contribution is 7.98. The summed E-state index contributed by atoms with van der Waals surface area (Å²) in [5.74, 6) is -0.667. The molecular weight excluding hydrogens is 340 g/mol. The number of nitrogens with one attached hydrogen (secondary N) is 2. The average Bonchev–Trinajstić information content (AvgIpc) is 2.95. The van der Waals surface area contributed by atoms with Gasteiger partial charge >= 0.3 is 0 Å². The van der Waals surface area contributed by atoms with Crippen LogP contribution in [0.1, 0.15) is 44.1 Å². The van der Waals surface area contributed by atoms with Crippen LogP contribution in [0.15, 0.2) is 21.7 Å². The summed E-state index contributed by atoms with van der Waals surface area (Å²) < 4.78 is 29.6. The van der Waals surface area contributed by atoms with Crippen molar-refractivity contribution >= 4 is 35.3 Å². The van der Waals surface area contributed by atoms with Crippen molar-refractivity contribution in [2.75, 3.05) is 0 Å². The van der Waals surface area contributed by atoms with E-state index in [2.05, 4.69) is 22.8 Å². The van der Waals surface area contributed by atoms with Crippen LogP contribution in [0.25, 0.3) is 0 Å². The van der Waals surface area contributed by atoms with Gasteiger partial charge in [0.15, 0.2) is 5.11 Å². The monoisotopic (exact) mass is 361 g/mol. The van der Waals surface area contributed by atoms with Crippen LogP contribution in [0.3, 0.4) is 0 Å². The Balaban J connectivity index is 1.74. The third-order valence-electron chi connectivity index (χ3n) is 3.82. The Bertz CT molecular complexity index is 537. The lowest BCUT2D eigenvalue weighted by molar-refractivity contribution is 0.251. The number of hydrogen-bond acceptors (Lipinski definition) is 4. The first-order chi connectivity index (χ1) is 11.0. The minimum absolute atomic E-state index is 0.137. The van der Waals surface area contributed by atoms with Crippen molar-refractivity contribution in [2.24, 2.45) is 11.0 Å². The topological polar surface area (TPSA) is 49.6 Å². The number of thiocarbonyl (C=S) groups is 1. The molecule has 1 aliphatic rings. The van der Waals surface area contributed by atoms with E-state index in [4.69, 9.17) is 16.6 Å². The first-order valence-electron chi connectivity index (χ1n) is 7.62. The van der Waals surface area contributed by atoms with E-state index in [1.165, 1.54) is 25.5 Å². The maximum atomic E-state index is 12.1. The van der Waals surface area contributed by atoms with Crippen molar-refractivity contribution in [3.8, 4) is 0 Å². The third kappa shape index (κ3) is 6.47. The normalized spacial score (nSPS) is 21.7. The van der Waals surface area contributed by atoms with Crippen LogP contribution in [0, 0.1) is 5.92 Å². The smallest absolute Gasteiger partial charge is 0.284 e. The van der Waals surface area contributed by atoms with E-state index in [0.29, 0.717) is 40.4 Å². The fraction of sp³-hybridized carbons (Fsp3) is 0.600. The maximum Gasteiger partial charge on any atom is 0.284 e. The van der Waals surface area contributed by atoms with Gasteiger partial charge in [0.05, 0.1) is 12.0 Å². The Morgan fingerprint density at radius 1 is 1.48 bits per heavy atom. The molecule has 0 radical (unpaired) electrons. The van der Waals surface area contributed by atoms with Gasteiger partial charge in [0, 0.05) is 6.04 Å². The van der Waals surface area contributed by atoms with Gasteiger partial charge in [-0.3, -0.25) is 5.43 Å². The van der Waals surface area contributed by atoms with Crippen molar-refractivity contribution in [1.29, 1.82) is 0 Å². The molecule has 0 aromatic carbocycles. The van der Waals surface area contributed by atoms with E-state index in [1.807, 2.05) is 0 Å². The van der Waals surface area contributed by atoms with Gasteiger partial charge < -0.3 is 9.73 Å². The first-order valence-corrected chi connectivity index (χ1v) is 9.08. The minimum Gasteiger partial charge on any atom is -0.459 e. The maximum absolute atomic E-state index is 12.1. The summed E-state index contributed by atoms with van der Waals surface area (Å²) in [5, 5.41) is 7.78. The fourth-order valence-corrected chi connectivity index (χ4v) is 3.22. The summed E-state index contributed by atoms with van der Waals surface area (Å²) in [6, 6.07) is 3.74. The van der Waals surface area contributed by atoms with Gasteiger partial charge in [0.2, 0.25) is 0 Å². The summed E-state index contributed by atoms with van der Waals surface area (Å²) >= 11 is 5.75. The van der Waals surface area contributed by atoms with Crippen molar-refractivity contribution in [3.05, 3.63) is 23.7 Å². The van der Waals surface area contributed by atoms with Crippen LogP contribution in [0.4, 0.5) is 8.78 Å². The highest BCUT2D eigenvalue weighted by atomic mass is 32.2. The Morgan fingerprint density at radius 2 is 2.26 bits per heavy atom. The number of thioether (sulfide) groups is 1. The molecule has 1 heterocycles. The lowest BCUT2D eigenvalue weighted by atomic mass is 9.86. The highest BCUT2D eigenvalue weighted by Crippen LogP contribution is 2.23. The highest BCUT2D eigenvalue weighted by Gasteiger charge is 2.21. The quantitative estimate of drug-likeness (QED) is 0.454. The Labute approximate surface area is 144 Å². The number of nitrogens with zero attached hydrogens (tertiary/aromatic N) is 1. The third-order valence-corrected chi connectivity index (χ3v) is 4.73. The molecule has 128 valence electrons. The molecule has 1 aromatic rings. The van der Waals surface area contributed by atoms with Crippen molar-refractivity contribution in [2.45, 2.75) is 50.2 Å². The average molecular weight is 361 g/mol. The number of hydrogen-bond donors (Lipinski definition) is 2. The van der Waals surface area contributed by atoms with Gasteiger partial charge in [0.1, 0.15) is 11.5 Å². The molecule has 0 aliphatic heterocycles. The largest absolute Gasteiger partial charge is 0.459 e. The molecule has 0 saturated heterocycles. The van der Waals surface area contributed by atoms with E-state index in [9.17, 15) is 8.78 Å². The van der Waals surface area contributed by atoms with E-state index in [1.54, 1.807) is 12.1 Å². The van der Waals surface area contributed by atoms with Gasteiger partial charge in [-0.05, 0) is 43.1 Å². The molecule has 1 fully saturated rings. The molecule has 2 rings (SSSR count). The number of halogens is 2. The van der Waals surface area contributed by atoms with Gasteiger partial charge in [-0.15, -0.1) is 0 Å². The van der Waals surface area contributed by atoms with Gasteiger partial charge in [-0.1, -0.05) is 31.5 Å². The summed E-state index contributed by atoms with van der Waals surface area (Å²) in [4.78, 5) is 0. The van der Waals surface area contributed by atoms with Gasteiger partial charge in [-0.25, -0.2) is 0 Å². The SMILES string of the molecule is C[C@H]1CCCC[C@H]1NC(=S)N/N=C\c1ccc(CSC(F)F)o1. The minimum atomic E-state index is -2.40. The summed E-state index contributed by atoms with van der Waals surface area (Å²) in [6.45, 7) is 2.23. The zero-order chi connectivity index (χ0) is 16.7. The first kappa shape index (κ1) is 18.2. The second-order valence-electron chi connectivity index (χ2n) is 5.59. The molecule has 1 saturated carbocycles. The summed E-state index contributed by atoms with van der Waals surface area (Å²) in [6.07, 6.45) is 6.32. The predicted molar refractivity (Wildman–Crippen MR) is 93.9 cm³/mol. The van der Waals surface area contributed by atoms with Crippen molar-refractivity contribution in [3.63, 3.8) is 0 Å². The molecule has 0 spiro atoms. The molecule has 2 N–H and O–H groups in total. The number of hydrazone groups is 1. The summed E-state index contributed by atoms with van der Waals surface area (Å²) in [5.41, 5.74) is 2.76. The van der Waals surface area contributed by atoms with Crippen LogP contribution in [0.2, 0.25) is 0 Å². The van der Waals surface area contributed by atoms with Gasteiger partial charge in [-0.2, -0.15) is 13.9 Å². The van der Waals surface area contributed by atoms with Crippen LogP contribution < -0.4 is 10.7 Å². The lowest BCUT2D eigenvalue weighted by Gasteiger charge is -2.30. The fourth-order valence-electron chi connectivity index (χ4n) is 2.57. The predicted octanol–water partition coefficient (Wildman–Crippen LogP) is 4.11. The van der Waals surface area contributed by atoms with Crippen molar-refractivity contribution in [1.82, 2.24) is 10.7 Å². The van der Waals surface area contributed by atoms with Crippen molar-refractivity contribution < 1.29 is 13.2 Å². The zero-order valence-corrected chi connectivity index (χ0v) is 14.6. The molecule has 2 atom stereocenters. The van der Waals surface area contributed by atoms with Crippen LogP contribution in [0.5, 0.6) is 0 Å². The second kappa shape index (κ2) is 9.22. The van der Waals surface area contributed by atoms with Crippen LogP contribution in [-0.4, -0.2) is 23.1 Å². The molecule has 8 heteroatoms. The van der Waals surface area contributed by atoms with E-state index < -0.39 is 5.76 Å².